The Morgan fingerprint density at radius 1 is 1.62 bits per heavy atom. The second kappa shape index (κ2) is 4.34. The molecule has 1 N–H and O–H groups in total. The zero-order chi connectivity index (χ0) is 11.5. The molecule has 86 valence electrons. The van der Waals surface area contributed by atoms with Crippen LogP contribution in [0.4, 0.5) is 0 Å². The van der Waals surface area contributed by atoms with Gasteiger partial charge in [0.25, 0.3) is 5.91 Å². The van der Waals surface area contributed by atoms with Crippen molar-refractivity contribution in [2.75, 3.05) is 19.6 Å². The van der Waals surface area contributed by atoms with Crippen LogP contribution in [0.15, 0.2) is 10.7 Å². The Hall–Kier alpha value is -1.85. The van der Waals surface area contributed by atoms with Crippen molar-refractivity contribution in [1.82, 2.24) is 15.4 Å². The maximum atomic E-state index is 12.0. The van der Waals surface area contributed by atoms with Gasteiger partial charge in [-0.3, -0.25) is 9.59 Å². The molecule has 0 saturated carbocycles. The Kier molecular flexibility index (Phi) is 2.89. The molecule has 0 unspecified atom stereocenters. The molecule has 1 aliphatic rings. The third-order valence-corrected chi connectivity index (χ3v) is 2.53. The zero-order valence-corrected chi connectivity index (χ0v) is 9.02. The van der Waals surface area contributed by atoms with Crippen molar-refractivity contribution >= 4 is 11.8 Å². The van der Waals surface area contributed by atoms with Gasteiger partial charge < -0.3 is 14.7 Å². The Labute approximate surface area is 92.6 Å². The number of aromatic nitrogens is 1. The van der Waals surface area contributed by atoms with E-state index in [1.165, 1.54) is 11.1 Å². The molecule has 2 heterocycles. The van der Waals surface area contributed by atoms with Crippen LogP contribution in [0.5, 0.6) is 0 Å². The summed E-state index contributed by atoms with van der Waals surface area (Å²) < 4.78 is 4.84. The fourth-order valence-electron chi connectivity index (χ4n) is 1.65. The molecule has 2 amide bonds. The van der Waals surface area contributed by atoms with Crippen LogP contribution in [-0.2, 0) is 4.79 Å². The van der Waals surface area contributed by atoms with Crippen molar-refractivity contribution in [1.29, 1.82) is 0 Å². The molecular formula is C10H13N3O3. The van der Waals surface area contributed by atoms with Gasteiger partial charge in [0.1, 0.15) is 11.3 Å². The van der Waals surface area contributed by atoms with E-state index < -0.39 is 0 Å². The minimum atomic E-state index is -0.198. The van der Waals surface area contributed by atoms with Crippen LogP contribution in [-0.4, -0.2) is 41.5 Å². The average Bonchev–Trinajstić information content (AvgIpc) is 2.55. The van der Waals surface area contributed by atoms with Gasteiger partial charge >= 0.3 is 0 Å². The quantitative estimate of drug-likeness (QED) is 0.724. The highest BCUT2D eigenvalue weighted by atomic mass is 16.5. The molecule has 6 heteroatoms. The number of carbonyl (C=O) groups excluding carboxylic acids is 2. The van der Waals surface area contributed by atoms with Crippen molar-refractivity contribution in [2.24, 2.45) is 0 Å². The molecule has 0 aromatic carbocycles. The summed E-state index contributed by atoms with van der Waals surface area (Å²) in [5.74, 6) is 0.158. The fourth-order valence-corrected chi connectivity index (χ4v) is 1.65. The van der Waals surface area contributed by atoms with E-state index in [-0.39, 0.29) is 18.4 Å². The van der Waals surface area contributed by atoms with Gasteiger partial charge in [-0.2, -0.15) is 0 Å². The number of hydrogen-bond donors (Lipinski definition) is 1. The molecule has 1 aromatic heterocycles. The van der Waals surface area contributed by atoms with Crippen LogP contribution in [0.1, 0.15) is 22.5 Å². The van der Waals surface area contributed by atoms with Gasteiger partial charge in [0.15, 0.2) is 0 Å². The molecule has 16 heavy (non-hydrogen) atoms. The molecule has 2 rings (SSSR count). The van der Waals surface area contributed by atoms with Crippen molar-refractivity contribution in [3.05, 3.63) is 17.5 Å². The second-order valence-corrected chi connectivity index (χ2v) is 3.73. The van der Waals surface area contributed by atoms with Crippen LogP contribution < -0.4 is 5.32 Å². The molecule has 1 aliphatic heterocycles. The molecule has 0 spiro atoms. The SMILES string of the molecule is Cc1oncc1C(=O)N1CCCNC(=O)C1. The third-order valence-electron chi connectivity index (χ3n) is 2.53. The topological polar surface area (TPSA) is 75.4 Å². The summed E-state index contributed by atoms with van der Waals surface area (Å²) in [4.78, 5) is 24.9. The zero-order valence-electron chi connectivity index (χ0n) is 9.02. The minimum absolute atomic E-state index is 0.101. The number of hydrogen-bond acceptors (Lipinski definition) is 4. The predicted octanol–water partition coefficient (Wildman–Crippen LogP) is -0.0549. The standard InChI is InChI=1S/C10H13N3O3/c1-7-8(5-12-16-7)10(15)13-4-2-3-11-9(14)6-13/h5H,2-4,6H2,1H3,(H,11,14). The first-order valence-corrected chi connectivity index (χ1v) is 5.15. The van der Waals surface area contributed by atoms with Crippen LogP contribution >= 0.6 is 0 Å². The van der Waals surface area contributed by atoms with Crippen molar-refractivity contribution in [3.63, 3.8) is 0 Å². The number of carbonyl (C=O) groups is 2. The molecule has 0 aliphatic carbocycles. The van der Waals surface area contributed by atoms with Gasteiger partial charge in [0.2, 0.25) is 5.91 Å². The number of nitrogens with zero attached hydrogens (tertiary/aromatic N) is 2. The van der Waals surface area contributed by atoms with E-state index in [1.807, 2.05) is 0 Å². The maximum Gasteiger partial charge on any atom is 0.259 e. The Morgan fingerprint density at radius 2 is 2.44 bits per heavy atom. The first kappa shape index (κ1) is 10.7. The van der Waals surface area contributed by atoms with Gasteiger partial charge in [-0.25, -0.2) is 0 Å². The smallest absolute Gasteiger partial charge is 0.259 e. The minimum Gasteiger partial charge on any atom is -0.361 e. The van der Waals surface area contributed by atoms with Crippen molar-refractivity contribution in [2.45, 2.75) is 13.3 Å². The van der Waals surface area contributed by atoms with Crippen LogP contribution in [0.25, 0.3) is 0 Å². The van der Waals surface area contributed by atoms with E-state index in [0.717, 1.165) is 6.42 Å². The molecule has 1 saturated heterocycles. The molecule has 6 nitrogen and oxygen atoms in total. The highest BCUT2D eigenvalue weighted by Crippen LogP contribution is 2.10. The maximum absolute atomic E-state index is 12.0. The molecule has 1 fully saturated rings. The van der Waals surface area contributed by atoms with Gasteiger partial charge in [-0.15, -0.1) is 0 Å². The lowest BCUT2D eigenvalue weighted by molar-refractivity contribution is -0.121. The predicted molar refractivity (Wildman–Crippen MR) is 54.8 cm³/mol. The Balaban J connectivity index is 2.15. The first-order valence-electron chi connectivity index (χ1n) is 5.15. The second-order valence-electron chi connectivity index (χ2n) is 3.73. The van der Waals surface area contributed by atoms with E-state index >= 15 is 0 Å². The van der Waals surface area contributed by atoms with Gasteiger partial charge in [-0.1, -0.05) is 5.16 Å². The summed E-state index contributed by atoms with van der Waals surface area (Å²) >= 11 is 0. The lowest BCUT2D eigenvalue weighted by atomic mass is 10.2. The van der Waals surface area contributed by atoms with Crippen molar-refractivity contribution < 1.29 is 14.1 Å². The summed E-state index contributed by atoms with van der Waals surface area (Å²) in [5, 5.41) is 6.27. The van der Waals surface area contributed by atoms with Crippen LogP contribution in [0.2, 0.25) is 0 Å². The van der Waals surface area contributed by atoms with Crippen LogP contribution in [0, 0.1) is 6.92 Å². The van der Waals surface area contributed by atoms with E-state index in [9.17, 15) is 9.59 Å². The number of amides is 2. The summed E-state index contributed by atoms with van der Waals surface area (Å²) in [6, 6.07) is 0. The normalized spacial score (nSPS) is 16.8. The van der Waals surface area contributed by atoms with Crippen LogP contribution in [0.3, 0.4) is 0 Å². The highest BCUT2D eigenvalue weighted by molar-refractivity contribution is 5.97. The summed E-state index contributed by atoms with van der Waals surface area (Å²) in [5.41, 5.74) is 0.426. The third kappa shape index (κ3) is 2.05. The molecule has 1 aromatic rings. The number of aryl methyl sites for hydroxylation is 1. The molecule has 0 atom stereocenters. The lowest BCUT2D eigenvalue weighted by Crippen LogP contribution is -2.37. The summed E-state index contributed by atoms with van der Waals surface area (Å²) in [6.07, 6.45) is 2.16. The van der Waals surface area contributed by atoms with E-state index in [2.05, 4.69) is 10.5 Å². The van der Waals surface area contributed by atoms with E-state index in [4.69, 9.17) is 4.52 Å². The van der Waals surface area contributed by atoms with Gasteiger partial charge in [0, 0.05) is 13.1 Å². The number of nitrogens with one attached hydrogen (secondary N) is 1. The summed E-state index contributed by atoms with van der Waals surface area (Å²) in [6.45, 7) is 2.97. The highest BCUT2D eigenvalue weighted by Gasteiger charge is 2.23. The largest absolute Gasteiger partial charge is 0.361 e. The first-order chi connectivity index (χ1) is 7.68. The van der Waals surface area contributed by atoms with Gasteiger partial charge in [0.05, 0.1) is 12.7 Å². The van der Waals surface area contributed by atoms with Gasteiger partial charge in [-0.05, 0) is 13.3 Å². The lowest BCUT2D eigenvalue weighted by Gasteiger charge is -2.17. The Morgan fingerprint density at radius 3 is 3.12 bits per heavy atom. The molecule has 0 radical (unpaired) electrons. The Bertz CT molecular complexity index is 413. The average molecular weight is 223 g/mol. The fraction of sp³-hybridized carbons (Fsp3) is 0.500. The monoisotopic (exact) mass is 223 g/mol. The molecule has 0 bridgehead atoms. The van der Waals surface area contributed by atoms with E-state index in [0.29, 0.717) is 24.4 Å². The molecular weight excluding hydrogens is 210 g/mol. The summed E-state index contributed by atoms with van der Waals surface area (Å²) in [7, 11) is 0. The van der Waals surface area contributed by atoms with Crippen molar-refractivity contribution in [3.8, 4) is 0 Å². The number of rotatable bonds is 1. The van der Waals surface area contributed by atoms with E-state index in [1.54, 1.807) is 6.92 Å².